The molecular weight excluding hydrogens is 475 g/mol. The molecule has 0 bridgehead atoms. The predicted molar refractivity (Wildman–Crippen MR) is 115 cm³/mol. The molecule has 0 radical (unpaired) electrons. The van der Waals surface area contributed by atoms with Gasteiger partial charge in [0.1, 0.15) is 16.7 Å². The molecule has 2 heterocycles. The number of anilines is 2. The first-order chi connectivity index (χ1) is 14.5. The SMILES string of the molecule is NC1C2=C(N=CN1c1ccc(S(=O)(=O)C(F)(F)F)cc1)SC(N)N2c1ccccc1Cl. The van der Waals surface area contributed by atoms with Crippen LogP contribution in [0, 0.1) is 0 Å². The van der Waals surface area contributed by atoms with E-state index in [1.807, 2.05) is 0 Å². The van der Waals surface area contributed by atoms with E-state index in [0.29, 0.717) is 27.1 Å². The fraction of sp³-hybridized carbons (Fsp3) is 0.167. The quantitative estimate of drug-likeness (QED) is 0.680. The summed E-state index contributed by atoms with van der Waals surface area (Å²) in [5.74, 6) is 0. The molecule has 164 valence electrons. The zero-order chi connectivity index (χ0) is 22.6. The first-order valence-electron chi connectivity index (χ1n) is 8.72. The summed E-state index contributed by atoms with van der Waals surface area (Å²) in [4.78, 5) is 6.76. The Kier molecular flexibility index (Phi) is 5.46. The largest absolute Gasteiger partial charge is 0.501 e. The molecular formula is C18H15ClF3N5O2S2. The van der Waals surface area contributed by atoms with E-state index < -0.39 is 31.9 Å². The smallest absolute Gasteiger partial charge is 0.313 e. The fourth-order valence-electron chi connectivity index (χ4n) is 3.22. The van der Waals surface area contributed by atoms with Gasteiger partial charge >= 0.3 is 5.51 Å². The van der Waals surface area contributed by atoms with Crippen molar-refractivity contribution in [2.45, 2.75) is 22.1 Å². The summed E-state index contributed by atoms with van der Waals surface area (Å²) in [6.45, 7) is 0. The van der Waals surface area contributed by atoms with Crippen molar-refractivity contribution in [2.75, 3.05) is 9.80 Å². The van der Waals surface area contributed by atoms with E-state index in [-0.39, 0.29) is 0 Å². The van der Waals surface area contributed by atoms with E-state index in [4.69, 9.17) is 23.1 Å². The number of benzene rings is 2. The Hall–Kier alpha value is -2.25. The van der Waals surface area contributed by atoms with Gasteiger partial charge in [0, 0.05) is 5.69 Å². The molecule has 2 aliphatic rings. The minimum atomic E-state index is -5.44. The summed E-state index contributed by atoms with van der Waals surface area (Å²) in [5.41, 5.74) is 8.35. The van der Waals surface area contributed by atoms with E-state index in [1.165, 1.54) is 35.1 Å². The van der Waals surface area contributed by atoms with Crippen molar-refractivity contribution in [3.8, 4) is 0 Å². The van der Waals surface area contributed by atoms with Gasteiger partial charge in [-0.05, 0) is 36.4 Å². The number of nitrogens with zero attached hydrogens (tertiary/aromatic N) is 3. The molecule has 2 aliphatic heterocycles. The van der Waals surface area contributed by atoms with Gasteiger partial charge in [-0.2, -0.15) is 13.2 Å². The lowest BCUT2D eigenvalue weighted by Crippen LogP contribution is -2.50. The topological polar surface area (TPSA) is 105 Å². The van der Waals surface area contributed by atoms with E-state index in [2.05, 4.69) is 4.99 Å². The monoisotopic (exact) mass is 489 g/mol. The van der Waals surface area contributed by atoms with Crippen molar-refractivity contribution < 1.29 is 21.6 Å². The zero-order valence-electron chi connectivity index (χ0n) is 15.5. The maximum atomic E-state index is 12.8. The van der Waals surface area contributed by atoms with Gasteiger partial charge in [-0.1, -0.05) is 35.5 Å². The van der Waals surface area contributed by atoms with Crippen LogP contribution >= 0.6 is 23.4 Å². The molecule has 0 aliphatic carbocycles. The van der Waals surface area contributed by atoms with Crippen LogP contribution in [0.15, 0.2) is 69.1 Å². The van der Waals surface area contributed by atoms with Gasteiger partial charge in [0.2, 0.25) is 0 Å². The second kappa shape index (κ2) is 7.71. The molecule has 0 aromatic heterocycles. The highest BCUT2D eigenvalue weighted by atomic mass is 35.5. The third kappa shape index (κ3) is 3.68. The van der Waals surface area contributed by atoms with E-state index in [1.54, 1.807) is 29.2 Å². The van der Waals surface area contributed by atoms with Gasteiger partial charge < -0.3 is 21.3 Å². The van der Waals surface area contributed by atoms with E-state index in [9.17, 15) is 21.6 Å². The molecule has 31 heavy (non-hydrogen) atoms. The van der Waals surface area contributed by atoms with Gasteiger partial charge in [-0.3, -0.25) is 0 Å². The number of hydrogen-bond donors (Lipinski definition) is 2. The van der Waals surface area contributed by atoms with Gasteiger partial charge in [-0.15, -0.1) is 0 Å². The van der Waals surface area contributed by atoms with Crippen molar-refractivity contribution in [3.05, 3.63) is 64.3 Å². The normalized spacial score (nSPS) is 21.6. The summed E-state index contributed by atoms with van der Waals surface area (Å²) in [7, 11) is -5.44. The second-order valence-electron chi connectivity index (χ2n) is 6.56. The number of thioether (sulfide) groups is 1. The predicted octanol–water partition coefficient (Wildman–Crippen LogP) is 3.43. The van der Waals surface area contributed by atoms with Gasteiger partial charge in [0.15, 0.2) is 0 Å². The maximum Gasteiger partial charge on any atom is 0.501 e. The first kappa shape index (κ1) is 22.0. The summed E-state index contributed by atoms with van der Waals surface area (Å²) >= 11 is 7.61. The molecule has 2 atom stereocenters. The molecule has 2 aromatic carbocycles. The highest BCUT2D eigenvalue weighted by Gasteiger charge is 2.47. The zero-order valence-corrected chi connectivity index (χ0v) is 17.9. The lowest BCUT2D eigenvalue weighted by Gasteiger charge is -2.36. The highest BCUT2D eigenvalue weighted by Crippen LogP contribution is 2.45. The second-order valence-corrected chi connectivity index (χ2v) is 10.0. The van der Waals surface area contributed by atoms with Crippen LogP contribution in [0.3, 0.4) is 0 Å². The molecule has 0 saturated carbocycles. The number of halogens is 4. The molecule has 7 nitrogen and oxygen atoms in total. The van der Waals surface area contributed by atoms with Crippen LogP contribution in [0.2, 0.25) is 5.02 Å². The summed E-state index contributed by atoms with van der Waals surface area (Å²) in [5, 5.41) is 1.05. The summed E-state index contributed by atoms with van der Waals surface area (Å²) in [6.07, 6.45) is 0.627. The number of sulfone groups is 1. The Morgan fingerprint density at radius 2 is 1.71 bits per heavy atom. The van der Waals surface area contributed by atoms with Crippen LogP contribution in [0.25, 0.3) is 0 Å². The molecule has 0 fully saturated rings. The minimum absolute atomic E-state index is 0.355. The first-order valence-corrected chi connectivity index (χ1v) is 11.5. The van der Waals surface area contributed by atoms with Crippen LogP contribution < -0.4 is 21.3 Å². The van der Waals surface area contributed by atoms with Crippen molar-refractivity contribution >= 4 is 50.9 Å². The average Bonchev–Trinajstić information content (AvgIpc) is 3.04. The van der Waals surface area contributed by atoms with Crippen molar-refractivity contribution in [3.63, 3.8) is 0 Å². The number of para-hydroxylation sites is 1. The van der Waals surface area contributed by atoms with Crippen LogP contribution in [-0.4, -0.2) is 31.9 Å². The summed E-state index contributed by atoms with van der Waals surface area (Å²) < 4.78 is 61.5. The van der Waals surface area contributed by atoms with E-state index in [0.717, 1.165) is 12.1 Å². The van der Waals surface area contributed by atoms with Crippen LogP contribution in [0.1, 0.15) is 0 Å². The molecule has 4 N–H and O–H groups in total. The standard InChI is InChI=1S/C18H15ClF3N5O2S2/c19-12-3-1-2-4-13(12)27-14-15(23)26(9-25-16(14)30-17(27)24)10-5-7-11(8-6-10)31(28,29)18(20,21)22/h1-9,15,17H,23-24H2. The van der Waals surface area contributed by atoms with Crippen LogP contribution in [0.5, 0.6) is 0 Å². The molecule has 13 heteroatoms. The third-order valence-electron chi connectivity index (χ3n) is 4.71. The molecule has 2 aromatic rings. The summed E-state index contributed by atoms with van der Waals surface area (Å²) in [6, 6.07) is 11.3. The van der Waals surface area contributed by atoms with Crippen molar-refractivity contribution in [1.29, 1.82) is 0 Å². The maximum absolute atomic E-state index is 12.8. The Labute approximate surface area is 185 Å². The lowest BCUT2D eigenvalue weighted by atomic mass is 10.2. The van der Waals surface area contributed by atoms with Crippen LogP contribution in [0.4, 0.5) is 24.5 Å². The number of rotatable bonds is 3. The minimum Gasteiger partial charge on any atom is -0.313 e. The number of nitrogens with two attached hydrogens (primary N) is 2. The Morgan fingerprint density at radius 3 is 2.32 bits per heavy atom. The van der Waals surface area contributed by atoms with Crippen LogP contribution in [-0.2, 0) is 9.84 Å². The number of alkyl halides is 3. The lowest BCUT2D eigenvalue weighted by molar-refractivity contribution is -0.0436. The molecule has 0 spiro atoms. The molecule has 0 amide bonds. The molecule has 4 rings (SSSR count). The Bertz CT molecular complexity index is 1190. The highest BCUT2D eigenvalue weighted by molar-refractivity contribution is 8.04. The average molecular weight is 490 g/mol. The fourth-order valence-corrected chi connectivity index (χ4v) is 5.22. The van der Waals surface area contributed by atoms with Crippen molar-refractivity contribution in [2.24, 2.45) is 16.5 Å². The Morgan fingerprint density at radius 1 is 1.06 bits per heavy atom. The van der Waals surface area contributed by atoms with Gasteiger partial charge in [-0.25, -0.2) is 13.4 Å². The number of hydrogen-bond acceptors (Lipinski definition) is 8. The Balaban J connectivity index is 1.67. The van der Waals surface area contributed by atoms with Gasteiger partial charge in [0.05, 0.1) is 27.6 Å². The third-order valence-corrected chi connectivity index (χ3v) is 7.52. The number of aliphatic imine (C=N–C) groups is 1. The van der Waals surface area contributed by atoms with Crippen molar-refractivity contribution in [1.82, 2.24) is 0 Å². The van der Waals surface area contributed by atoms with E-state index >= 15 is 0 Å². The van der Waals surface area contributed by atoms with Gasteiger partial charge in [0.25, 0.3) is 9.84 Å². The molecule has 2 unspecified atom stereocenters. The molecule has 0 saturated heterocycles.